The Labute approximate surface area is 169 Å². The highest BCUT2D eigenvalue weighted by Gasteiger charge is 2.30. The third-order valence-electron chi connectivity index (χ3n) is 4.18. The number of aromatic carboxylic acids is 1. The minimum atomic E-state index is -4.47. The standard InChI is InChI=1S/C21H16F3N3O3/c22-21(23,24)16-4-1-3-14(11-16)12-19(28)26-25-13-18-5-2-10-27(18)17-8-6-15(7-9-17)20(29)30/h1-11,13H,12H2,(H,26,28)(H,29,30)/b25-13+. The highest BCUT2D eigenvalue weighted by atomic mass is 19.4. The summed E-state index contributed by atoms with van der Waals surface area (Å²) in [4.78, 5) is 22.9. The summed E-state index contributed by atoms with van der Waals surface area (Å²) in [6.45, 7) is 0. The second-order valence-corrected chi connectivity index (χ2v) is 6.32. The second-order valence-electron chi connectivity index (χ2n) is 6.32. The van der Waals surface area contributed by atoms with Crippen LogP contribution in [0.5, 0.6) is 0 Å². The van der Waals surface area contributed by atoms with Crippen LogP contribution in [0.1, 0.15) is 27.2 Å². The quantitative estimate of drug-likeness (QED) is 0.473. The Morgan fingerprint density at radius 3 is 2.47 bits per heavy atom. The lowest BCUT2D eigenvalue weighted by molar-refractivity contribution is -0.137. The molecule has 0 spiro atoms. The number of carbonyl (C=O) groups excluding carboxylic acids is 1. The number of nitrogens with one attached hydrogen (secondary N) is 1. The van der Waals surface area contributed by atoms with E-state index in [1.807, 2.05) is 0 Å². The first-order valence-electron chi connectivity index (χ1n) is 8.73. The number of hydrogen-bond donors (Lipinski definition) is 2. The molecular formula is C21H16F3N3O3. The van der Waals surface area contributed by atoms with Gasteiger partial charge in [-0.3, -0.25) is 4.79 Å². The molecule has 3 rings (SSSR count). The number of alkyl halides is 3. The number of amides is 1. The number of halogens is 3. The maximum Gasteiger partial charge on any atom is 0.416 e. The molecule has 0 unspecified atom stereocenters. The Morgan fingerprint density at radius 2 is 1.80 bits per heavy atom. The van der Waals surface area contributed by atoms with Gasteiger partial charge in [0.05, 0.1) is 29.5 Å². The van der Waals surface area contributed by atoms with E-state index in [-0.39, 0.29) is 17.5 Å². The van der Waals surface area contributed by atoms with Gasteiger partial charge in [0.15, 0.2) is 0 Å². The molecule has 0 aliphatic rings. The van der Waals surface area contributed by atoms with Gasteiger partial charge in [0.25, 0.3) is 0 Å². The summed E-state index contributed by atoms with van der Waals surface area (Å²) in [5, 5.41) is 12.8. The van der Waals surface area contributed by atoms with Crippen molar-refractivity contribution in [3.63, 3.8) is 0 Å². The highest BCUT2D eigenvalue weighted by Crippen LogP contribution is 2.29. The first-order valence-corrected chi connectivity index (χ1v) is 8.73. The van der Waals surface area contributed by atoms with Gasteiger partial charge in [-0.05, 0) is 48.0 Å². The predicted molar refractivity (Wildman–Crippen MR) is 104 cm³/mol. The van der Waals surface area contributed by atoms with Crippen molar-refractivity contribution >= 4 is 18.1 Å². The SMILES string of the molecule is O=C(Cc1cccc(C(F)(F)F)c1)N/N=C/c1cccn1-c1ccc(C(=O)O)cc1. The van der Waals surface area contributed by atoms with Crippen molar-refractivity contribution < 1.29 is 27.9 Å². The van der Waals surface area contributed by atoms with Gasteiger partial charge in [-0.15, -0.1) is 0 Å². The first kappa shape index (κ1) is 20.8. The van der Waals surface area contributed by atoms with E-state index >= 15 is 0 Å². The number of nitrogens with zero attached hydrogens (tertiary/aromatic N) is 2. The molecule has 0 aliphatic heterocycles. The van der Waals surface area contributed by atoms with E-state index in [9.17, 15) is 22.8 Å². The van der Waals surface area contributed by atoms with Gasteiger partial charge in [-0.25, -0.2) is 10.2 Å². The monoisotopic (exact) mass is 415 g/mol. The number of carbonyl (C=O) groups is 2. The molecule has 2 N–H and O–H groups in total. The van der Waals surface area contributed by atoms with Crippen molar-refractivity contribution in [1.82, 2.24) is 9.99 Å². The fraction of sp³-hybridized carbons (Fsp3) is 0.0952. The van der Waals surface area contributed by atoms with E-state index < -0.39 is 23.6 Å². The number of benzene rings is 2. The van der Waals surface area contributed by atoms with Crippen molar-refractivity contribution in [2.45, 2.75) is 12.6 Å². The van der Waals surface area contributed by atoms with Gasteiger partial charge in [-0.1, -0.05) is 18.2 Å². The number of carboxylic acids is 1. The Bertz CT molecular complexity index is 1090. The van der Waals surface area contributed by atoms with Crippen molar-refractivity contribution in [3.05, 3.63) is 89.2 Å². The van der Waals surface area contributed by atoms with E-state index in [1.54, 1.807) is 35.0 Å². The Balaban J connectivity index is 1.64. The van der Waals surface area contributed by atoms with Crippen molar-refractivity contribution in [2.75, 3.05) is 0 Å². The number of hydrogen-bond acceptors (Lipinski definition) is 3. The molecule has 0 radical (unpaired) electrons. The average molecular weight is 415 g/mol. The number of aromatic nitrogens is 1. The zero-order valence-corrected chi connectivity index (χ0v) is 15.4. The summed E-state index contributed by atoms with van der Waals surface area (Å²) in [6.07, 6.45) is -1.60. The van der Waals surface area contributed by atoms with Crippen LogP contribution in [0.25, 0.3) is 5.69 Å². The van der Waals surface area contributed by atoms with Crippen LogP contribution in [0.4, 0.5) is 13.2 Å². The maximum absolute atomic E-state index is 12.7. The molecule has 1 heterocycles. The lowest BCUT2D eigenvalue weighted by Crippen LogP contribution is -2.20. The topological polar surface area (TPSA) is 83.7 Å². The van der Waals surface area contributed by atoms with Gasteiger partial charge in [-0.2, -0.15) is 18.3 Å². The van der Waals surface area contributed by atoms with Crippen molar-refractivity contribution in [1.29, 1.82) is 0 Å². The minimum absolute atomic E-state index is 0.156. The maximum atomic E-state index is 12.7. The van der Waals surface area contributed by atoms with Crippen molar-refractivity contribution in [2.24, 2.45) is 5.10 Å². The number of rotatable bonds is 6. The fourth-order valence-corrected chi connectivity index (χ4v) is 2.75. The summed E-state index contributed by atoms with van der Waals surface area (Å²) < 4.78 is 40.0. The summed E-state index contributed by atoms with van der Waals surface area (Å²) in [5.41, 5.74) is 3.15. The summed E-state index contributed by atoms with van der Waals surface area (Å²) >= 11 is 0. The molecule has 0 saturated heterocycles. The van der Waals surface area contributed by atoms with Crippen LogP contribution in [0.15, 0.2) is 72.0 Å². The van der Waals surface area contributed by atoms with Crippen LogP contribution in [0.2, 0.25) is 0 Å². The van der Waals surface area contributed by atoms with E-state index in [0.29, 0.717) is 11.4 Å². The molecule has 1 aromatic heterocycles. The average Bonchev–Trinajstić information content (AvgIpc) is 3.16. The van der Waals surface area contributed by atoms with Gasteiger partial charge in [0.1, 0.15) is 0 Å². The molecule has 154 valence electrons. The lowest BCUT2D eigenvalue weighted by Gasteiger charge is -2.08. The number of carboxylic acid groups (broad SMARTS) is 1. The Morgan fingerprint density at radius 1 is 1.07 bits per heavy atom. The fourth-order valence-electron chi connectivity index (χ4n) is 2.75. The zero-order valence-electron chi connectivity index (χ0n) is 15.4. The summed E-state index contributed by atoms with van der Waals surface area (Å²) in [7, 11) is 0. The van der Waals surface area contributed by atoms with E-state index in [4.69, 9.17) is 5.11 Å². The molecule has 6 nitrogen and oxygen atoms in total. The van der Waals surface area contributed by atoms with Crippen LogP contribution in [0, 0.1) is 0 Å². The molecule has 0 bridgehead atoms. The van der Waals surface area contributed by atoms with Crippen LogP contribution < -0.4 is 5.43 Å². The van der Waals surface area contributed by atoms with E-state index in [1.165, 1.54) is 30.5 Å². The van der Waals surface area contributed by atoms with Crippen LogP contribution in [0.3, 0.4) is 0 Å². The molecule has 0 fully saturated rings. The second kappa shape index (κ2) is 8.64. The minimum Gasteiger partial charge on any atom is -0.478 e. The van der Waals surface area contributed by atoms with Crippen molar-refractivity contribution in [3.8, 4) is 5.69 Å². The molecule has 30 heavy (non-hydrogen) atoms. The largest absolute Gasteiger partial charge is 0.478 e. The third-order valence-corrected chi connectivity index (χ3v) is 4.18. The molecule has 0 atom stereocenters. The normalized spacial score (nSPS) is 11.6. The predicted octanol–water partition coefficient (Wildman–Crippen LogP) is 3.89. The summed E-state index contributed by atoms with van der Waals surface area (Å²) in [5.74, 6) is -1.59. The molecule has 2 aromatic carbocycles. The van der Waals surface area contributed by atoms with Gasteiger partial charge in [0.2, 0.25) is 5.91 Å². The van der Waals surface area contributed by atoms with Gasteiger partial charge < -0.3 is 9.67 Å². The molecule has 1 amide bonds. The highest BCUT2D eigenvalue weighted by molar-refractivity contribution is 5.88. The molecular weight excluding hydrogens is 399 g/mol. The zero-order chi connectivity index (χ0) is 21.7. The Hall–Kier alpha value is -3.88. The summed E-state index contributed by atoms with van der Waals surface area (Å²) in [6, 6.07) is 14.2. The lowest BCUT2D eigenvalue weighted by atomic mass is 10.1. The molecule has 9 heteroatoms. The van der Waals surface area contributed by atoms with Gasteiger partial charge >= 0.3 is 12.1 Å². The van der Waals surface area contributed by atoms with Gasteiger partial charge in [0, 0.05) is 11.9 Å². The van der Waals surface area contributed by atoms with E-state index in [0.717, 1.165) is 12.1 Å². The molecule has 0 aliphatic carbocycles. The molecule has 3 aromatic rings. The Kier molecular flexibility index (Phi) is 6.01. The van der Waals surface area contributed by atoms with Crippen LogP contribution >= 0.6 is 0 Å². The van der Waals surface area contributed by atoms with Crippen LogP contribution in [-0.2, 0) is 17.4 Å². The third kappa shape index (κ3) is 5.13. The smallest absolute Gasteiger partial charge is 0.416 e. The molecule has 0 saturated carbocycles. The first-order chi connectivity index (χ1) is 14.2. The van der Waals surface area contributed by atoms with Crippen LogP contribution in [-0.4, -0.2) is 27.8 Å². The van der Waals surface area contributed by atoms with E-state index in [2.05, 4.69) is 10.5 Å². The number of hydrazone groups is 1.